The zero-order valence-electron chi connectivity index (χ0n) is 13.0. The molecule has 0 N–H and O–H groups in total. The molecule has 1 saturated carbocycles. The van der Waals surface area contributed by atoms with Crippen molar-refractivity contribution in [3.05, 3.63) is 77.4 Å². The van der Waals surface area contributed by atoms with E-state index in [1.54, 1.807) is 5.57 Å². The zero-order chi connectivity index (χ0) is 15.0. The molecular weight excluding hydrogens is 264 g/mol. The Bertz CT molecular complexity index is 668. The van der Waals surface area contributed by atoms with E-state index in [2.05, 4.69) is 60.4 Å². The van der Waals surface area contributed by atoms with Gasteiger partial charge in [0.15, 0.2) is 0 Å². The molecule has 0 nitrogen and oxygen atoms in total. The Morgan fingerprint density at radius 3 is 2.45 bits per heavy atom. The van der Waals surface area contributed by atoms with Crippen LogP contribution in [0.1, 0.15) is 43.2 Å². The standard InChI is InChI=1S/C22H22/c1-3-10-19(11-4-1)12-7-8-15-21-16-9-17-22(21)18-20-13-5-2-6-14-20/h1-6,10-11,13-14,18,21H,8-9,15-17H2/b22-18+. The van der Waals surface area contributed by atoms with Crippen molar-refractivity contribution in [3.8, 4) is 11.8 Å². The predicted molar refractivity (Wildman–Crippen MR) is 94.3 cm³/mol. The second-order valence-corrected chi connectivity index (χ2v) is 5.93. The summed E-state index contributed by atoms with van der Waals surface area (Å²) in [7, 11) is 0. The Balaban J connectivity index is 1.58. The molecule has 110 valence electrons. The first kappa shape index (κ1) is 14.7. The van der Waals surface area contributed by atoms with Crippen molar-refractivity contribution >= 4 is 6.08 Å². The minimum absolute atomic E-state index is 0.727. The Kier molecular flexibility index (Phi) is 5.11. The van der Waals surface area contributed by atoms with E-state index in [1.807, 2.05) is 18.2 Å². The lowest BCUT2D eigenvalue weighted by Crippen LogP contribution is -1.96. The van der Waals surface area contributed by atoms with Gasteiger partial charge in [-0.25, -0.2) is 0 Å². The fourth-order valence-corrected chi connectivity index (χ4v) is 3.16. The van der Waals surface area contributed by atoms with Crippen molar-refractivity contribution in [1.82, 2.24) is 0 Å². The number of rotatable bonds is 3. The Hall–Kier alpha value is -2.26. The van der Waals surface area contributed by atoms with Crippen molar-refractivity contribution in [2.75, 3.05) is 0 Å². The third kappa shape index (κ3) is 4.12. The van der Waals surface area contributed by atoms with Crippen molar-refractivity contribution in [2.45, 2.75) is 32.1 Å². The highest BCUT2D eigenvalue weighted by Crippen LogP contribution is 2.35. The largest absolute Gasteiger partial charge is 0.0979 e. The molecule has 1 aliphatic rings. The summed E-state index contributed by atoms with van der Waals surface area (Å²) >= 11 is 0. The molecule has 0 radical (unpaired) electrons. The van der Waals surface area contributed by atoms with E-state index in [-0.39, 0.29) is 0 Å². The number of benzene rings is 2. The van der Waals surface area contributed by atoms with Crippen LogP contribution in [0, 0.1) is 17.8 Å². The fraction of sp³-hybridized carbons (Fsp3) is 0.273. The van der Waals surface area contributed by atoms with Gasteiger partial charge in [0.2, 0.25) is 0 Å². The highest BCUT2D eigenvalue weighted by Gasteiger charge is 2.19. The molecule has 0 saturated heterocycles. The average Bonchev–Trinajstić information content (AvgIpc) is 3.01. The zero-order valence-corrected chi connectivity index (χ0v) is 13.0. The van der Waals surface area contributed by atoms with Crippen molar-refractivity contribution < 1.29 is 0 Å². The summed E-state index contributed by atoms with van der Waals surface area (Å²) in [4.78, 5) is 0. The van der Waals surface area contributed by atoms with Gasteiger partial charge in [-0.3, -0.25) is 0 Å². The van der Waals surface area contributed by atoms with Crippen LogP contribution in [0.3, 0.4) is 0 Å². The molecule has 0 heteroatoms. The van der Waals surface area contributed by atoms with Crippen molar-refractivity contribution in [3.63, 3.8) is 0 Å². The van der Waals surface area contributed by atoms with Gasteiger partial charge in [-0.1, -0.05) is 72.0 Å². The second-order valence-electron chi connectivity index (χ2n) is 5.93. The first-order chi connectivity index (χ1) is 10.9. The molecule has 22 heavy (non-hydrogen) atoms. The highest BCUT2D eigenvalue weighted by atomic mass is 14.2. The lowest BCUT2D eigenvalue weighted by Gasteiger charge is -2.10. The van der Waals surface area contributed by atoms with Crippen LogP contribution in [0.25, 0.3) is 6.08 Å². The lowest BCUT2D eigenvalue weighted by atomic mass is 9.95. The van der Waals surface area contributed by atoms with Crippen LogP contribution in [0.5, 0.6) is 0 Å². The molecule has 0 heterocycles. The van der Waals surface area contributed by atoms with E-state index in [9.17, 15) is 0 Å². The van der Waals surface area contributed by atoms with E-state index < -0.39 is 0 Å². The monoisotopic (exact) mass is 286 g/mol. The van der Waals surface area contributed by atoms with Gasteiger partial charge in [0.1, 0.15) is 0 Å². The van der Waals surface area contributed by atoms with Crippen LogP contribution in [-0.4, -0.2) is 0 Å². The minimum Gasteiger partial charge on any atom is -0.0979 e. The van der Waals surface area contributed by atoms with E-state index in [4.69, 9.17) is 0 Å². The predicted octanol–water partition coefficient (Wildman–Crippen LogP) is 5.70. The molecule has 1 atom stereocenters. The SMILES string of the molecule is C(#Cc1ccccc1)CCC1CCC/C1=C\c1ccccc1. The topological polar surface area (TPSA) is 0 Å². The molecule has 3 rings (SSSR count). The second kappa shape index (κ2) is 7.66. The van der Waals surface area contributed by atoms with Gasteiger partial charge in [-0.15, -0.1) is 0 Å². The van der Waals surface area contributed by atoms with Gasteiger partial charge < -0.3 is 0 Å². The Morgan fingerprint density at radius 1 is 0.955 bits per heavy atom. The number of hydrogen-bond acceptors (Lipinski definition) is 0. The molecule has 2 aromatic rings. The summed E-state index contributed by atoms with van der Waals surface area (Å²) in [5.41, 5.74) is 4.07. The van der Waals surface area contributed by atoms with E-state index in [0.717, 1.165) is 17.9 Å². The van der Waals surface area contributed by atoms with Crippen LogP contribution in [0.2, 0.25) is 0 Å². The Labute approximate surface area is 133 Å². The van der Waals surface area contributed by atoms with Crippen LogP contribution < -0.4 is 0 Å². The molecule has 0 aliphatic heterocycles. The van der Waals surface area contributed by atoms with Gasteiger partial charge in [0, 0.05) is 12.0 Å². The molecule has 0 bridgehead atoms. The molecule has 0 amide bonds. The van der Waals surface area contributed by atoms with Crippen LogP contribution in [0.4, 0.5) is 0 Å². The fourth-order valence-electron chi connectivity index (χ4n) is 3.16. The van der Waals surface area contributed by atoms with E-state index in [0.29, 0.717) is 0 Å². The molecule has 0 spiro atoms. The molecular formula is C22H22. The van der Waals surface area contributed by atoms with Crippen LogP contribution in [0.15, 0.2) is 66.2 Å². The smallest absolute Gasteiger partial charge is 0.0245 e. The third-order valence-corrected chi connectivity index (χ3v) is 4.32. The average molecular weight is 286 g/mol. The van der Waals surface area contributed by atoms with Gasteiger partial charge >= 0.3 is 0 Å². The van der Waals surface area contributed by atoms with Crippen LogP contribution >= 0.6 is 0 Å². The summed E-state index contributed by atoms with van der Waals surface area (Å²) in [6, 6.07) is 21.0. The maximum absolute atomic E-state index is 3.34. The van der Waals surface area contributed by atoms with Gasteiger partial charge in [0.25, 0.3) is 0 Å². The summed E-state index contributed by atoms with van der Waals surface area (Å²) in [6.07, 6.45) is 8.49. The molecule has 2 aromatic carbocycles. The normalized spacial score (nSPS) is 18.9. The van der Waals surface area contributed by atoms with Crippen molar-refractivity contribution in [2.24, 2.45) is 5.92 Å². The number of allylic oxidation sites excluding steroid dienone is 1. The van der Waals surface area contributed by atoms with E-state index >= 15 is 0 Å². The molecule has 1 fully saturated rings. The van der Waals surface area contributed by atoms with Gasteiger partial charge in [-0.2, -0.15) is 0 Å². The van der Waals surface area contributed by atoms with Crippen LogP contribution in [-0.2, 0) is 0 Å². The first-order valence-electron chi connectivity index (χ1n) is 8.21. The maximum Gasteiger partial charge on any atom is 0.0245 e. The highest BCUT2D eigenvalue weighted by molar-refractivity contribution is 5.53. The van der Waals surface area contributed by atoms with Gasteiger partial charge in [-0.05, 0) is 49.3 Å². The van der Waals surface area contributed by atoms with Gasteiger partial charge in [0.05, 0.1) is 0 Å². The summed E-state index contributed by atoms with van der Waals surface area (Å²) in [6.45, 7) is 0. The minimum atomic E-state index is 0.727. The molecule has 0 aromatic heterocycles. The summed E-state index contributed by atoms with van der Waals surface area (Å²) in [5.74, 6) is 7.33. The third-order valence-electron chi connectivity index (χ3n) is 4.32. The quantitative estimate of drug-likeness (QED) is 0.635. The summed E-state index contributed by atoms with van der Waals surface area (Å²) in [5, 5.41) is 0. The molecule has 1 unspecified atom stereocenters. The molecule has 1 aliphatic carbocycles. The van der Waals surface area contributed by atoms with E-state index in [1.165, 1.54) is 31.2 Å². The lowest BCUT2D eigenvalue weighted by molar-refractivity contribution is 0.586. The first-order valence-corrected chi connectivity index (χ1v) is 8.21. The Morgan fingerprint density at radius 2 is 1.68 bits per heavy atom. The maximum atomic E-state index is 3.34. The van der Waals surface area contributed by atoms with Crippen molar-refractivity contribution in [1.29, 1.82) is 0 Å². The number of hydrogen-bond donors (Lipinski definition) is 0. The summed E-state index contributed by atoms with van der Waals surface area (Å²) < 4.78 is 0.